The molecule has 0 heterocycles. The Balaban J connectivity index is 1.67. The number of carbonyl (C=O) groups is 3. The van der Waals surface area contributed by atoms with E-state index < -0.39 is 17.8 Å². The van der Waals surface area contributed by atoms with Crippen LogP contribution in [0.5, 0.6) is 28.7 Å². The van der Waals surface area contributed by atoms with E-state index in [1.807, 2.05) is 0 Å². The summed E-state index contributed by atoms with van der Waals surface area (Å²) in [5.74, 6) is 0.00869. The summed E-state index contributed by atoms with van der Waals surface area (Å²) in [5, 5.41) is 0. The van der Waals surface area contributed by atoms with Crippen molar-refractivity contribution in [2.45, 2.75) is 0 Å². The number of hydrogen-bond donors (Lipinski definition) is 2. The van der Waals surface area contributed by atoms with Gasteiger partial charge in [-0.3, -0.25) is 20.4 Å². The molecule has 10 heteroatoms. The molecule has 0 atom stereocenters. The Bertz CT molecular complexity index is 1280. The van der Waals surface area contributed by atoms with Gasteiger partial charge in [-0.15, -0.1) is 0 Å². The predicted octanol–water partition coefficient (Wildman–Crippen LogP) is 3.41. The van der Waals surface area contributed by atoms with Crippen molar-refractivity contribution in [3.05, 3.63) is 83.4 Å². The molecule has 2 N–H and O–H groups in total. The lowest BCUT2D eigenvalue weighted by atomic mass is 10.1. The van der Waals surface area contributed by atoms with Crippen LogP contribution < -0.4 is 34.5 Å². The van der Waals surface area contributed by atoms with E-state index in [1.54, 1.807) is 48.5 Å². The molecule has 0 saturated heterocycles. The van der Waals surface area contributed by atoms with Crippen LogP contribution in [-0.4, -0.2) is 46.2 Å². The molecule has 37 heavy (non-hydrogen) atoms. The zero-order chi connectivity index (χ0) is 26.8. The molecule has 192 valence electrons. The summed E-state index contributed by atoms with van der Waals surface area (Å²) in [4.78, 5) is 37.3. The van der Waals surface area contributed by atoms with Crippen molar-refractivity contribution in [1.29, 1.82) is 0 Å². The summed E-state index contributed by atoms with van der Waals surface area (Å²) in [5.41, 5.74) is 5.59. The Kier molecular flexibility index (Phi) is 9.09. The van der Waals surface area contributed by atoms with E-state index in [-0.39, 0.29) is 11.3 Å². The molecule has 3 aromatic carbocycles. The minimum Gasteiger partial charge on any atom is -0.497 e. The van der Waals surface area contributed by atoms with Gasteiger partial charge in [0, 0.05) is 17.2 Å². The molecule has 0 fully saturated rings. The first-order valence-corrected chi connectivity index (χ1v) is 10.9. The fourth-order valence-electron chi connectivity index (χ4n) is 3.21. The van der Waals surface area contributed by atoms with Crippen LogP contribution in [-0.2, 0) is 4.79 Å². The van der Waals surface area contributed by atoms with Crippen molar-refractivity contribution in [1.82, 2.24) is 10.9 Å². The Hall–Kier alpha value is -4.99. The second kappa shape index (κ2) is 12.6. The first-order chi connectivity index (χ1) is 17.9. The molecular formula is C27H26N2O8. The Labute approximate surface area is 213 Å². The summed E-state index contributed by atoms with van der Waals surface area (Å²) >= 11 is 0. The van der Waals surface area contributed by atoms with Gasteiger partial charge in [-0.1, -0.05) is 18.2 Å². The summed E-state index contributed by atoms with van der Waals surface area (Å²) in [6.45, 7) is 0. The Morgan fingerprint density at radius 3 is 1.95 bits per heavy atom. The van der Waals surface area contributed by atoms with Gasteiger partial charge < -0.3 is 23.7 Å². The van der Waals surface area contributed by atoms with Crippen LogP contribution in [0, 0.1) is 0 Å². The molecule has 0 radical (unpaired) electrons. The topological polar surface area (TPSA) is 121 Å². The van der Waals surface area contributed by atoms with Gasteiger partial charge in [0.2, 0.25) is 5.75 Å². The number of carbonyl (C=O) groups excluding carboxylic acids is 3. The molecular weight excluding hydrogens is 480 g/mol. The number of hydrazine groups is 1. The quantitative estimate of drug-likeness (QED) is 0.196. The number of hydrogen-bond acceptors (Lipinski definition) is 8. The van der Waals surface area contributed by atoms with Gasteiger partial charge in [0.05, 0.1) is 34.0 Å². The van der Waals surface area contributed by atoms with E-state index in [0.717, 1.165) is 0 Å². The maximum absolute atomic E-state index is 12.9. The van der Waals surface area contributed by atoms with E-state index in [2.05, 4.69) is 10.9 Å². The lowest BCUT2D eigenvalue weighted by Crippen LogP contribution is -2.40. The van der Waals surface area contributed by atoms with Crippen molar-refractivity contribution in [3.8, 4) is 28.7 Å². The molecule has 0 aliphatic rings. The lowest BCUT2D eigenvalue weighted by Gasteiger charge is -2.14. The van der Waals surface area contributed by atoms with E-state index in [1.165, 1.54) is 52.7 Å². The van der Waals surface area contributed by atoms with E-state index in [9.17, 15) is 14.4 Å². The lowest BCUT2D eigenvalue weighted by molar-refractivity contribution is -0.117. The Morgan fingerprint density at radius 1 is 0.703 bits per heavy atom. The molecule has 3 aromatic rings. The minimum atomic E-state index is -0.670. The van der Waals surface area contributed by atoms with Crippen molar-refractivity contribution >= 4 is 23.9 Å². The highest BCUT2D eigenvalue weighted by molar-refractivity contribution is 5.98. The van der Waals surface area contributed by atoms with Gasteiger partial charge >= 0.3 is 5.97 Å². The number of nitrogens with one attached hydrogen (secondary N) is 2. The molecule has 3 rings (SSSR count). The molecule has 2 amide bonds. The van der Waals surface area contributed by atoms with Gasteiger partial charge in [-0.25, -0.2) is 4.79 Å². The second-order valence-electron chi connectivity index (χ2n) is 7.35. The number of ether oxygens (including phenoxy) is 5. The minimum absolute atomic E-state index is 0.173. The molecule has 0 aromatic heterocycles. The van der Waals surface area contributed by atoms with Crippen LogP contribution in [0.15, 0.2) is 66.7 Å². The normalized spacial score (nSPS) is 10.4. The largest absolute Gasteiger partial charge is 0.497 e. The number of para-hydroxylation sites is 1. The van der Waals surface area contributed by atoms with Crippen LogP contribution >= 0.6 is 0 Å². The molecule has 0 aliphatic carbocycles. The number of rotatable bonds is 9. The number of methoxy groups -OCH3 is 4. The zero-order valence-corrected chi connectivity index (χ0v) is 20.7. The van der Waals surface area contributed by atoms with Gasteiger partial charge in [0.25, 0.3) is 11.8 Å². The third-order valence-electron chi connectivity index (χ3n) is 5.09. The van der Waals surface area contributed by atoms with Crippen molar-refractivity contribution < 1.29 is 38.1 Å². The van der Waals surface area contributed by atoms with Crippen LogP contribution in [0.4, 0.5) is 0 Å². The molecule has 0 aliphatic heterocycles. The summed E-state index contributed by atoms with van der Waals surface area (Å²) in [6.07, 6.45) is 2.65. The highest BCUT2D eigenvalue weighted by atomic mass is 16.5. The molecule has 0 spiro atoms. The number of amides is 2. The fourth-order valence-corrected chi connectivity index (χ4v) is 3.21. The van der Waals surface area contributed by atoms with Gasteiger partial charge in [0.1, 0.15) is 11.5 Å². The van der Waals surface area contributed by atoms with Crippen molar-refractivity contribution in [2.24, 2.45) is 0 Å². The molecule has 10 nitrogen and oxygen atoms in total. The highest BCUT2D eigenvalue weighted by Gasteiger charge is 2.19. The smallest absolute Gasteiger partial charge is 0.343 e. The monoisotopic (exact) mass is 506 g/mol. The van der Waals surface area contributed by atoms with Gasteiger partial charge in [0.15, 0.2) is 11.5 Å². The average molecular weight is 507 g/mol. The number of benzene rings is 3. The zero-order valence-electron chi connectivity index (χ0n) is 20.7. The number of esters is 1. The Morgan fingerprint density at radius 2 is 1.35 bits per heavy atom. The van der Waals surface area contributed by atoms with E-state index >= 15 is 0 Å². The van der Waals surface area contributed by atoms with E-state index in [0.29, 0.717) is 34.1 Å². The van der Waals surface area contributed by atoms with Crippen LogP contribution in [0.2, 0.25) is 0 Å². The maximum Gasteiger partial charge on any atom is 0.343 e. The second-order valence-corrected chi connectivity index (χ2v) is 7.35. The first kappa shape index (κ1) is 26.6. The first-order valence-electron chi connectivity index (χ1n) is 10.9. The fraction of sp³-hybridized carbons (Fsp3) is 0.148. The van der Waals surface area contributed by atoms with Crippen LogP contribution in [0.3, 0.4) is 0 Å². The van der Waals surface area contributed by atoms with Crippen molar-refractivity contribution in [2.75, 3.05) is 28.4 Å². The summed E-state index contributed by atoms with van der Waals surface area (Å²) in [6, 6.07) is 16.0. The molecule has 0 unspecified atom stereocenters. The van der Waals surface area contributed by atoms with E-state index in [4.69, 9.17) is 23.7 Å². The molecule has 0 saturated carbocycles. The SMILES string of the molecule is COc1ccc(C(=O)NNC(=O)/C=C/c2ccccc2OC(=O)c2cc(OC)c(OC)c(OC)c2)cc1. The third-order valence-corrected chi connectivity index (χ3v) is 5.09. The average Bonchev–Trinajstić information content (AvgIpc) is 2.94. The predicted molar refractivity (Wildman–Crippen MR) is 135 cm³/mol. The highest BCUT2D eigenvalue weighted by Crippen LogP contribution is 2.38. The standard InChI is InChI=1S/C27H26N2O8/c1-33-20-12-9-18(10-13-20)26(31)29-28-24(30)14-11-17-7-5-6-8-21(17)37-27(32)19-15-22(34-2)25(36-4)23(16-19)35-3/h5-16H,1-4H3,(H,28,30)(H,29,31)/b14-11+. The van der Waals surface area contributed by atoms with Gasteiger partial charge in [-0.2, -0.15) is 0 Å². The third kappa shape index (κ3) is 6.79. The van der Waals surface area contributed by atoms with Crippen molar-refractivity contribution in [3.63, 3.8) is 0 Å². The van der Waals surface area contributed by atoms with Crippen LogP contribution in [0.25, 0.3) is 6.08 Å². The van der Waals surface area contributed by atoms with Crippen LogP contribution in [0.1, 0.15) is 26.3 Å². The summed E-state index contributed by atoms with van der Waals surface area (Å²) in [7, 11) is 5.86. The van der Waals surface area contributed by atoms with Gasteiger partial charge in [-0.05, 0) is 48.5 Å². The maximum atomic E-state index is 12.9. The summed E-state index contributed by atoms with van der Waals surface area (Å²) < 4.78 is 26.4. The molecule has 0 bridgehead atoms.